The van der Waals surface area contributed by atoms with Gasteiger partial charge in [-0.25, -0.2) is 4.68 Å². The topological polar surface area (TPSA) is 128 Å². The fourth-order valence-corrected chi connectivity index (χ4v) is 13.2. The number of carbonyl (C=O) groups is 3. The van der Waals surface area contributed by atoms with Gasteiger partial charge < -0.3 is 14.9 Å². The number of carboxylic acid groups (broad SMARTS) is 2. The highest BCUT2D eigenvalue weighted by molar-refractivity contribution is 5.81. The Hall–Kier alpha value is -2.84. The molecule has 6 rings (SSSR count). The highest BCUT2D eigenvalue weighted by atomic mass is 16.5. The maximum Gasteiger partial charge on any atom is 0.325 e. The van der Waals surface area contributed by atoms with Crippen LogP contribution in [0.3, 0.4) is 0 Å². The first kappa shape index (κ1) is 36.9. The normalized spacial score (nSPS) is 37.8. The Morgan fingerprint density at radius 3 is 2.22 bits per heavy atom. The minimum atomic E-state index is -1.16. The fourth-order valence-electron chi connectivity index (χ4n) is 13.2. The molecule has 1 aromatic rings. The van der Waals surface area contributed by atoms with Crippen molar-refractivity contribution >= 4 is 17.9 Å². The average Bonchev–Trinajstić information content (AvgIpc) is 3.53. The molecule has 50 heavy (non-hydrogen) atoms. The molecule has 0 bridgehead atoms. The summed E-state index contributed by atoms with van der Waals surface area (Å²) in [5, 5.41) is 19.2. The molecule has 0 saturated heterocycles. The van der Waals surface area contributed by atoms with Gasteiger partial charge in [0.05, 0.1) is 17.5 Å². The lowest BCUT2D eigenvalue weighted by Gasteiger charge is -2.72. The summed E-state index contributed by atoms with van der Waals surface area (Å²) >= 11 is 0. The first-order valence-electron chi connectivity index (χ1n) is 19.2. The van der Waals surface area contributed by atoms with Crippen molar-refractivity contribution in [2.45, 2.75) is 151 Å². The van der Waals surface area contributed by atoms with Crippen molar-refractivity contribution in [3.63, 3.8) is 0 Å². The second-order valence-electron chi connectivity index (χ2n) is 19.3. The Labute approximate surface area is 298 Å². The highest BCUT2D eigenvalue weighted by Gasteiger charge is 2.70. The van der Waals surface area contributed by atoms with E-state index in [1.54, 1.807) is 31.1 Å². The minimum absolute atomic E-state index is 0.0750. The molecule has 9 nitrogen and oxygen atoms in total. The van der Waals surface area contributed by atoms with Crippen LogP contribution in [0.15, 0.2) is 22.0 Å². The number of aliphatic carboxylic acids is 2. The minimum Gasteiger partial charge on any atom is -0.481 e. The van der Waals surface area contributed by atoms with Gasteiger partial charge in [-0.1, -0.05) is 59.6 Å². The van der Waals surface area contributed by atoms with E-state index in [-0.39, 0.29) is 51.7 Å². The number of allylic oxidation sites excluding steroid dienone is 2. The molecule has 0 amide bonds. The van der Waals surface area contributed by atoms with Crippen molar-refractivity contribution < 1.29 is 29.3 Å². The third kappa shape index (κ3) is 5.12. The van der Waals surface area contributed by atoms with Crippen LogP contribution in [0.2, 0.25) is 0 Å². The predicted octanol–water partition coefficient (Wildman–Crippen LogP) is 7.74. The molecule has 2 unspecified atom stereocenters. The number of fused-ring (bicyclic) bond motifs is 7. The largest absolute Gasteiger partial charge is 0.481 e. The summed E-state index contributed by atoms with van der Waals surface area (Å²) in [6, 6.07) is 1.74. The van der Waals surface area contributed by atoms with E-state index >= 15 is 0 Å². The maximum absolute atomic E-state index is 13.2. The van der Waals surface area contributed by atoms with Crippen molar-refractivity contribution in [3.05, 3.63) is 33.3 Å². The van der Waals surface area contributed by atoms with E-state index in [2.05, 4.69) is 48.5 Å². The Morgan fingerprint density at radius 1 is 0.920 bits per heavy atom. The van der Waals surface area contributed by atoms with Gasteiger partial charge >= 0.3 is 17.9 Å². The van der Waals surface area contributed by atoms with E-state index in [0.717, 1.165) is 69.9 Å². The van der Waals surface area contributed by atoms with Gasteiger partial charge in [0.1, 0.15) is 12.6 Å². The summed E-state index contributed by atoms with van der Waals surface area (Å²) in [6.07, 6.45) is 9.89. The van der Waals surface area contributed by atoms with Crippen LogP contribution in [-0.2, 0) is 38.1 Å². The molecule has 0 spiro atoms. The van der Waals surface area contributed by atoms with Crippen molar-refractivity contribution in [3.8, 4) is 0 Å². The molecule has 0 aliphatic heterocycles. The van der Waals surface area contributed by atoms with Crippen LogP contribution in [0, 0.1) is 50.7 Å². The Kier molecular flexibility index (Phi) is 8.75. The number of hydrogen-bond acceptors (Lipinski definition) is 5. The molecule has 4 saturated carbocycles. The van der Waals surface area contributed by atoms with Crippen molar-refractivity contribution in [1.29, 1.82) is 0 Å². The van der Waals surface area contributed by atoms with Gasteiger partial charge in [-0.15, -0.1) is 0 Å². The number of rotatable bonds is 8. The van der Waals surface area contributed by atoms with Crippen molar-refractivity contribution in [2.24, 2.45) is 57.8 Å². The van der Waals surface area contributed by atoms with Crippen LogP contribution in [-0.4, -0.2) is 43.6 Å². The molecule has 1 heterocycles. The number of hydrogen-bond donors (Lipinski definition) is 2. The van der Waals surface area contributed by atoms with E-state index in [0.29, 0.717) is 23.7 Å². The molecule has 4 fully saturated rings. The van der Waals surface area contributed by atoms with Gasteiger partial charge in [-0.05, 0) is 118 Å². The van der Waals surface area contributed by atoms with Crippen LogP contribution >= 0.6 is 0 Å². The monoisotopic (exact) mass is 694 g/mol. The molecule has 1 aromatic heterocycles. The quantitative estimate of drug-likeness (QED) is 0.211. The summed E-state index contributed by atoms with van der Waals surface area (Å²) < 4.78 is 9.40. The summed E-state index contributed by atoms with van der Waals surface area (Å²) in [6.45, 7) is 19.7. The predicted molar refractivity (Wildman–Crippen MR) is 192 cm³/mol. The molecule has 0 aromatic carbocycles. The third-order valence-corrected chi connectivity index (χ3v) is 16.0. The SMILES string of the molecule is CC(C)C1=C2[C@H]3CC[C@@H]4C5(C)CC[C@H](OC(=O)CC(C)(C)C(=O)O)C(C)(C)[C@@H]5CCC4(C)[C@]3(C)CC[C@@]2(c2cc(=O)n(CC(=O)O)n2C)CC1. The Morgan fingerprint density at radius 2 is 1.60 bits per heavy atom. The Bertz CT molecular complexity index is 1680. The number of aromatic nitrogens is 2. The molecule has 2 N–H and O–H groups in total. The van der Waals surface area contributed by atoms with E-state index in [1.165, 1.54) is 4.68 Å². The first-order chi connectivity index (χ1) is 23.1. The van der Waals surface area contributed by atoms with E-state index in [4.69, 9.17) is 4.74 Å². The lowest BCUT2D eigenvalue weighted by atomic mass is 9.33. The van der Waals surface area contributed by atoms with Gasteiger partial charge in [0.25, 0.3) is 5.56 Å². The van der Waals surface area contributed by atoms with Crippen molar-refractivity contribution in [2.75, 3.05) is 0 Å². The molecule has 5 aliphatic carbocycles. The van der Waals surface area contributed by atoms with E-state index in [1.807, 2.05) is 11.7 Å². The van der Waals surface area contributed by atoms with Crippen LogP contribution in [0.5, 0.6) is 0 Å². The van der Waals surface area contributed by atoms with E-state index < -0.39 is 23.3 Å². The van der Waals surface area contributed by atoms with Gasteiger partial charge in [0.2, 0.25) is 0 Å². The second kappa shape index (κ2) is 11.8. The first-order valence-corrected chi connectivity index (χ1v) is 19.2. The smallest absolute Gasteiger partial charge is 0.325 e. The maximum atomic E-state index is 13.2. The number of carbonyl (C=O) groups excluding carboxylic acids is 1. The zero-order valence-corrected chi connectivity index (χ0v) is 32.3. The van der Waals surface area contributed by atoms with Gasteiger partial charge in [0, 0.05) is 23.9 Å². The Balaban J connectivity index is 1.33. The zero-order chi connectivity index (χ0) is 37.0. The lowest BCUT2D eigenvalue weighted by Crippen LogP contribution is -2.66. The summed E-state index contributed by atoms with van der Waals surface area (Å²) in [4.78, 5) is 49.7. The van der Waals surface area contributed by atoms with Gasteiger partial charge in [-0.3, -0.25) is 23.9 Å². The van der Waals surface area contributed by atoms with Crippen LogP contribution in [0.25, 0.3) is 0 Å². The molecule has 278 valence electrons. The molecular formula is C41H62N2O7. The lowest BCUT2D eigenvalue weighted by molar-refractivity contribution is -0.232. The average molecular weight is 695 g/mol. The summed E-state index contributed by atoms with van der Waals surface area (Å²) in [5.41, 5.74) is 2.50. The summed E-state index contributed by atoms with van der Waals surface area (Å²) in [7, 11) is 1.87. The molecule has 0 radical (unpaired) electrons. The molecule has 8 atom stereocenters. The second-order valence-corrected chi connectivity index (χ2v) is 19.3. The molecule has 9 heteroatoms. The number of esters is 1. The number of ether oxygens (including phenoxy) is 1. The number of nitrogens with zero attached hydrogens (tertiary/aromatic N) is 2. The highest BCUT2D eigenvalue weighted by Crippen LogP contribution is 2.77. The molecule has 5 aliphatic rings. The van der Waals surface area contributed by atoms with Gasteiger partial charge in [-0.2, -0.15) is 0 Å². The van der Waals surface area contributed by atoms with E-state index in [9.17, 15) is 29.4 Å². The van der Waals surface area contributed by atoms with Crippen molar-refractivity contribution in [1.82, 2.24) is 9.36 Å². The standard InChI is InChI=1S/C41H62N2O7/c1-24(2)25-13-18-41(29-21-31(44)43(42(29)10)23-32(45)46)20-19-39(8)26(34(25)41)11-12-28-38(7)16-15-30(50-33(47)22-36(3,4)35(48)49)37(5,6)27(38)14-17-40(28,39)9/h21,24,26-28,30H,11-20,22-23H2,1-10H3,(H,45,46)(H,48,49)/t26-,27+,28-,30+,38?,39-,40?,41-/m1/s1. The van der Waals surface area contributed by atoms with Crippen LogP contribution in [0.1, 0.15) is 139 Å². The zero-order valence-electron chi connectivity index (χ0n) is 32.3. The van der Waals surface area contributed by atoms with Gasteiger partial charge in [0.15, 0.2) is 0 Å². The third-order valence-electron chi connectivity index (χ3n) is 16.0. The van der Waals surface area contributed by atoms with Crippen LogP contribution in [0.4, 0.5) is 0 Å². The van der Waals surface area contributed by atoms with Crippen LogP contribution < -0.4 is 5.56 Å². The fraction of sp³-hybridized carbons (Fsp3) is 0.805. The number of carboxylic acids is 2. The molecular weight excluding hydrogens is 632 g/mol. The summed E-state index contributed by atoms with van der Waals surface area (Å²) in [5.74, 6) is -0.698.